The Bertz CT molecular complexity index is 801. The summed E-state index contributed by atoms with van der Waals surface area (Å²) in [4.78, 5) is 14.5. The fourth-order valence-electron chi connectivity index (χ4n) is 2.84. The number of nitrogens with zero attached hydrogens (tertiary/aromatic N) is 4. The van der Waals surface area contributed by atoms with E-state index >= 15 is 0 Å². The Morgan fingerprint density at radius 2 is 1.72 bits per heavy atom. The Kier molecular flexibility index (Phi) is 5.20. The molecular formula is C19H20N4O2. The maximum atomic E-state index is 12.8. The highest BCUT2D eigenvalue weighted by atomic mass is 16.3. The summed E-state index contributed by atoms with van der Waals surface area (Å²) in [5.41, 5.74) is 2.49. The molecule has 1 unspecified atom stereocenters. The Labute approximate surface area is 146 Å². The van der Waals surface area contributed by atoms with Crippen LogP contribution in [0.1, 0.15) is 28.4 Å². The Morgan fingerprint density at radius 3 is 2.32 bits per heavy atom. The lowest BCUT2D eigenvalue weighted by Crippen LogP contribution is -2.31. The number of aromatic nitrogens is 3. The lowest BCUT2D eigenvalue weighted by molar-refractivity contribution is 0.0705. The lowest BCUT2D eigenvalue weighted by Gasteiger charge is -2.28. The van der Waals surface area contributed by atoms with Gasteiger partial charge in [-0.05, 0) is 36.2 Å². The number of hydrogen-bond donors (Lipinski definition) is 1. The summed E-state index contributed by atoms with van der Waals surface area (Å²) >= 11 is 0. The van der Waals surface area contributed by atoms with Crippen LogP contribution in [0.2, 0.25) is 0 Å². The SMILES string of the molecule is CN(C(=O)c1ccc(-n2cnnc2)cc1)C(CCO)c1ccccc1. The van der Waals surface area contributed by atoms with Crippen LogP contribution in [0.25, 0.3) is 5.69 Å². The van der Waals surface area contributed by atoms with Crippen molar-refractivity contribution in [3.63, 3.8) is 0 Å². The minimum absolute atomic E-state index is 0.0176. The van der Waals surface area contributed by atoms with E-state index in [1.165, 1.54) is 0 Å². The predicted octanol–water partition coefficient (Wildman–Crippen LogP) is 2.46. The molecule has 0 spiro atoms. The fraction of sp³-hybridized carbons (Fsp3) is 0.211. The van der Waals surface area contributed by atoms with E-state index in [9.17, 15) is 9.90 Å². The molecule has 0 bridgehead atoms. The number of amides is 1. The van der Waals surface area contributed by atoms with Gasteiger partial charge in [0, 0.05) is 24.9 Å². The molecule has 1 aromatic heterocycles. The molecule has 2 aromatic carbocycles. The standard InChI is InChI=1S/C19H20N4O2/c1-22(18(11-12-24)15-5-3-2-4-6-15)19(25)16-7-9-17(10-8-16)23-13-20-21-14-23/h2-10,13-14,18,24H,11-12H2,1H3. The smallest absolute Gasteiger partial charge is 0.254 e. The Hall–Kier alpha value is -2.99. The van der Waals surface area contributed by atoms with Crippen LogP contribution in [0.4, 0.5) is 0 Å². The molecule has 3 rings (SSSR count). The van der Waals surface area contributed by atoms with Crippen LogP contribution in [0.5, 0.6) is 0 Å². The number of carbonyl (C=O) groups is 1. The van der Waals surface area contributed by atoms with E-state index in [-0.39, 0.29) is 18.6 Å². The molecule has 3 aromatic rings. The first kappa shape index (κ1) is 16.9. The minimum Gasteiger partial charge on any atom is -0.396 e. The van der Waals surface area contributed by atoms with E-state index in [2.05, 4.69) is 10.2 Å². The molecule has 1 atom stereocenters. The van der Waals surface area contributed by atoms with Crippen LogP contribution in [0.15, 0.2) is 67.3 Å². The van der Waals surface area contributed by atoms with E-state index in [1.54, 1.807) is 41.3 Å². The van der Waals surface area contributed by atoms with E-state index < -0.39 is 0 Å². The molecule has 0 aliphatic carbocycles. The van der Waals surface area contributed by atoms with Crippen LogP contribution >= 0.6 is 0 Å². The zero-order valence-electron chi connectivity index (χ0n) is 14.0. The average molecular weight is 336 g/mol. The van der Waals surface area contributed by atoms with Gasteiger partial charge in [0.25, 0.3) is 5.91 Å². The van der Waals surface area contributed by atoms with Gasteiger partial charge >= 0.3 is 0 Å². The van der Waals surface area contributed by atoms with Crippen molar-refractivity contribution in [2.45, 2.75) is 12.5 Å². The minimum atomic E-state index is -0.170. The number of carbonyl (C=O) groups excluding carboxylic acids is 1. The molecular weight excluding hydrogens is 316 g/mol. The highest BCUT2D eigenvalue weighted by Crippen LogP contribution is 2.24. The first-order chi connectivity index (χ1) is 12.2. The molecule has 6 nitrogen and oxygen atoms in total. The molecule has 0 aliphatic rings. The van der Waals surface area contributed by atoms with Crippen LogP contribution in [0, 0.1) is 0 Å². The number of aliphatic hydroxyl groups is 1. The van der Waals surface area contributed by atoms with Crippen molar-refractivity contribution >= 4 is 5.91 Å². The van der Waals surface area contributed by atoms with Crippen molar-refractivity contribution in [3.05, 3.63) is 78.4 Å². The van der Waals surface area contributed by atoms with Gasteiger partial charge < -0.3 is 10.0 Å². The van der Waals surface area contributed by atoms with E-state index in [4.69, 9.17) is 0 Å². The third kappa shape index (κ3) is 3.75. The monoisotopic (exact) mass is 336 g/mol. The van der Waals surface area contributed by atoms with Gasteiger partial charge in [-0.3, -0.25) is 9.36 Å². The van der Waals surface area contributed by atoms with Crippen molar-refractivity contribution in [2.75, 3.05) is 13.7 Å². The maximum absolute atomic E-state index is 12.8. The average Bonchev–Trinajstić information content (AvgIpc) is 3.20. The number of hydrogen-bond acceptors (Lipinski definition) is 4. The normalized spacial score (nSPS) is 11.9. The Balaban J connectivity index is 1.80. The van der Waals surface area contributed by atoms with Crippen molar-refractivity contribution in [1.82, 2.24) is 19.7 Å². The molecule has 0 radical (unpaired) electrons. The van der Waals surface area contributed by atoms with Crippen LogP contribution in [-0.4, -0.2) is 44.3 Å². The summed E-state index contributed by atoms with van der Waals surface area (Å²) in [5.74, 6) is -0.0855. The maximum Gasteiger partial charge on any atom is 0.254 e. The summed E-state index contributed by atoms with van der Waals surface area (Å²) in [5, 5.41) is 16.9. The first-order valence-electron chi connectivity index (χ1n) is 8.08. The first-order valence-corrected chi connectivity index (χ1v) is 8.08. The molecule has 25 heavy (non-hydrogen) atoms. The molecule has 128 valence electrons. The summed E-state index contributed by atoms with van der Waals surface area (Å²) in [6, 6.07) is 16.9. The molecule has 1 heterocycles. The van der Waals surface area contributed by atoms with Gasteiger partial charge in [-0.1, -0.05) is 30.3 Å². The second-order valence-corrected chi connectivity index (χ2v) is 5.77. The van der Waals surface area contributed by atoms with Crippen LogP contribution in [-0.2, 0) is 0 Å². The summed E-state index contributed by atoms with van der Waals surface area (Å²) in [7, 11) is 1.77. The number of rotatable bonds is 6. The van der Waals surface area contributed by atoms with Gasteiger partial charge in [-0.25, -0.2) is 0 Å². The number of benzene rings is 2. The highest BCUT2D eigenvalue weighted by Gasteiger charge is 2.22. The summed E-state index contributed by atoms with van der Waals surface area (Å²) in [6.45, 7) is 0.0176. The van der Waals surface area contributed by atoms with Crippen molar-refractivity contribution in [1.29, 1.82) is 0 Å². The van der Waals surface area contributed by atoms with Gasteiger partial charge in [0.15, 0.2) is 0 Å². The fourth-order valence-corrected chi connectivity index (χ4v) is 2.84. The van der Waals surface area contributed by atoms with Crippen LogP contribution < -0.4 is 0 Å². The lowest BCUT2D eigenvalue weighted by atomic mass is 10.0. The van der Waals surface area contributed by atoms with Crippen LogP contribution in [0.3, 0.4) is 0 Å². The molecule has 0 fully saturated rings. The molecule has 1 amide bonds. The number of aliphatic hydroxyl groups excluding tert-OH is 1. The quantitative estimate of drug-likeness (QED) is 0.751. The molecule has 0 saturated heterocycles. The van der Waals surface area contributed by atoms with E-state index in [0.29, 0.717) is 12.0 Å². The molecule has 0 saturated carbocycles. The molecule has 0 aliphatic heterocycles. The summed E-state index contributed by atoms with van der Waals surface area (Å²) in [6.07, 6.45) is 3.70. The summed E-state index contributed by atoms with van der Waals surface area (Å²) < 4.78 is 1.77. The largest absolute Gasteiger partial charge is 0.396 e. The van der Waals surface area contributed by atoms with E-state index in [0.717, 1.165) is 11.3 Å². The zero-order valence-corrected chi connectivity index (χ0v) is 14.0. The van der Waals surface area contributed by atoms with Gasteiger partial charge in [0.2, 0.25) is 0 Å². The third-order valence-electron chi connectivity index (χ3n) is 4.21. The van der Waals surface area contributed by atoms with Gasteiger partial charge in [-0.15, -0.1) is 10.2 Å². The van der Waals surface area contributed by atoms with Crippen molar-refractivity contribution < 1.29 is 9.90 Å². The van der Waals surface area contributed by atoms with Gasteiger partial charge in [0.1, 0.15) is 12.7 Å². The van der Waals surface area contributed by atoms with Crippen molar-refractivity contribution in [2.24, 2.45) is 0 Å². The topological polar surface area (TPSA) is 71.2 Å². The predicted molar refractivity (Wildman–Crippen MR) is 94.3 cm³/mol. The molecule has 1 N–H and O–H groups in total. The van der Waals surface area contributed by atoms with E-state index in [1.807, 2.05) is 42.5 Å². The van der Waals surface area contributed by atoms with Gasteiger partial charge in [0.05, 0.1) is 6.04 Å². The second kappa shape index (κ2) is 7.72. The van der Waals surface area contributed by atoms with Crippen molar-refractivity contribution in [3.8, 4) is 5.69 Å². The Morgan fingerprint density at radius 1 is 1.08 bits per heavy atom. The van der Waals surface area contributed by atoms with Gasteiger partial charge in [-0.2, -0.15) is 0 Å². The molecule has 6 heteroatoms. The zero-order chi connectivity index (χ0) is 17.6. The highest BCUT2D eigenvalue weighted by molar-refractivity contribution is 5.94. The second-order valence-electron chi connectivity index (χ2n) is 5.77. The third-order valence-corrected chi connectivity index (χ3v) is 4.21.